The van der Waals surface area contributed by atoms with E-state index in [1.54, 1.807) is 18.9 Å². The predicted molar refractivity (Wildman–Crippen MR) is 139 cm³/mol. The van der Waals surface area contributed by atoms with E-state index in [1.165, 1.54) is 16.6 Å². The van der Waals surface area contributed by atoms with E-state index < -0.39 is 59.1 Å². The highest BCUT2D eigenvalue weighted by molar-refractivity contribution is 7.53. The van der Waals surface area contributed by atoms with Gasteiger partial charge in [-0.25, -0.2) is 8.78 Å². The van der Waals surface area contributed by atoms with Crippen molar-refractivity contribution in [1.82, 2.24) is 14.9 Å². The van der Waals surface area contributed by atoms with Crippen LogP contribution in [0.4, 0.5) is 8.78 Å². The number of ether oxygens (including phenoxy) is 1. The van der Waals surface area contributed by atoms with E-state index in [2.05, 4.69) is 5.32 Å². The van der Waals surface area contributed by atoms with Crippen LogP contribution in [0.1, 0.15) is 46.7 Å². The molecule has 0 bridgehead atoms. The maximum Gasteiger partial charge on any atom is 0.332 e. The van der Waals surface area contributed by atoms with Gasteiger partial charge in [-0.05, 0) is 19.9 Å². The number of hydrogen-bond acceptors (Lipinski definition) is 9. The highest BCUT2D eigenvalue weighted by atomic mass is 31.2. The van der Waals surface area contributed by atoms with Crippen LogP contribution in [0.3, 0.4) is 0 Å². The summed E-state index contributed by atoms with van der Waals surface area (Å²) in [5.41, 5.74) is -3.16. The fraction of sp³-hybridized carbons (Fsp3) is 0.480. The van der Waals surface area contributed by atoms with E-state index >= 15 is 0 Å². The maximum absolute atomic E-state index is 14.1. The second kappa shape index (κ2) is 11.7. The zero-order valence-electron chi connectivity index (χ0n) is 22.3. The summed E-state index contributed by atoms with van der Waals surface area (Å²) in [5.74, 6) is -4.29. The Hall–Kier alpha value is -3.32. The molecule has 2 amide bonds. The number of carbonyl (C=O) groups is 2. The van der Waals surface area contributed by atoms with Crippen molar-refractivity contribution in [3.63, 3.8) is 0 Å². The number of nitrogens with one attached hydrogen (secondary N) is 1. The number of amides is 2. The van der Waals surface area contributed by atoms with Crippen LogP contribution in [0.2, 0.25) is 0 Å². The lowest BCUT2D eigenvalue weighted by Gasteiger charge is -2.52. The molecule has 12 nitrogen and oxygen atoms in total. The van der Waals surface area contributed by atoms with Crippen LogP contribution in [0.5, 0.6) is 5.75 Å². The van der Waals surface area contributed by atoms with Crippen molar-refractivity contribution < 1.29 is 41.8 Å². The molecule has 1 fully saturated rings. The molecule has 15 heteroatoms. The van der Waals surface area contributed by atoms with Crippen LogP contribution in [0.15, 0.2) is 29.2 Å². The van der Waals surface area contributed by atoms with Crippen molar-refractivity contribution >= 4 is 19.4 Å². The molecule has 2 aliphatic heterocycles. The molecule has 1 spiro atoms. The smallest absolute Gasteiger partial charge is 0.332 e. The lowest BCUT2D eigenvalue weighted by molar-refractivity contribution is 0.0306. The van der Waals surface area contributed by atoms with Crippen molar-refractivity contribution in [1.29, 1.82) is 0 Å². The molecule has 1 atom stereocenters. The SMILES string of the molecule is CCOP(=O)(CCN1n2cc(C(=O)NCc3ccc(F)cc3F)c(=O)c(O)c2C(=O)N(C)C12CCOC2)OCC. The molecule has 2 aliphatic rings. The summed E-state index contributed by atoms with van der Waals surface area (Å²) >= 11 is 0. The molecule has 1 saturated heterocycles. The van der Waals surface area contributed by atoms with Gasteiger partial charge in [-0.15, -0.1) is 0 Å². The van der Waals surface area contributed by atoms with Crippen LogP contribution >= 0.6 is 7.60 Å². The summed E-state index contributed by atoms with van der Waals surface area (Å²) in [6.07, 6.45) is 1.32. The Morgan fingerprint density at radius 1 is 1.23 bits per heavy atom. The number of rotatable bonds is 10. The number of halogens is 2. The third kappa shape index (κ3) is 5.36. The van der Waals surface area contributed by atoms with E-state index in [4.69, 9.17) is 13.8 Å². The Kier molecular flexibility index (Phi) is 8.64. The van der Waals surface area contributed by atoms with Gasteiger partial charge in [0, 0.05) is 44.4 Å². The molecular weight excluding hydrogens is 553 g/mol. The predicted octanol–water partition coefficient (Wildman–Crippen LogP) is 2.17. The number of benzene rings is 1. The van der Waals surface area contributed by atoms with Crippen molar-refractivity contribution in [3.8, 4) is 5.75 Å². The Morgan fingerprint density at radius 3 is 2.52 bits per heavy atom. The number of fused-ring (bicyclic) bond motifs is 1. The minimum Gasteiger partial charge on any atom is -0.502 e. The van der Waals surface area contributed by atoms with E-state index in [0.29, 0.717) is 19.1 Å². The first-order valence-corrected chi connectivity index (χ1v) is 14.4. The minimum absolute atomic E-state index is 0.0277. The molecule has 1 aromatic carbocycles. The normalized spacial score (nSPS) is 18.9. The summed E-state index contributed by atoms with van der Waals surface area (Å²) in [7, 11) is -2.06. The van der Waals surface area contributed by atoms with Gasteiger partial charge in [0.15, 0.2) is 17.1 Å². The average Bonchev–Trinajstić information content (AvgIpc) is 3.39. The number of likely N-dealkylation sites (N-methyl/N-ethyl adjacent to an activating group) is 1. The fourth-order valence-corrected chi connectivity index (χ4v) is 6.46. The van der Waals surface area contributed by atoms with Gasteiger partial charge in [-0.3, -0.25) is 28.6 Å². The van der Waals surface area contributed by atoms with E-state index in [1.807, 2.05) is 0 Å². The van der Waals surface area contributed by atoms with Crippen LogP contribution in [-0.2, 0) is 24.9 Å². The van der Waals surface area contributed by atoms with Crippen molar-refractivity contribution in [3.05, 3.63) is 63.1 Å². The van der Waals surface area contributed by atoms with Gasteiger partial charge >= 0.3 is 7.60 Å². The summed E-state index contributed by atoms with van der Waals surface area (Å²) in [6.45, 7) is 3.55. The summed E-state index contributed by atoms with van der Waals surface area (Å²) in [4.78, 5) is 40.8. The Morgan fingerprint density at radius 2 is 1.93 bits per heavy atom. The average molecular weight is 585 g/mol. The topological polar surface area (TPSA) is 140 Å². The lowest BCUT2D eigenvalue weighted by atomic mass is 10.0. The molecule has 40 heavy (non-hydrogen) atoms. The fourth-order valence-electron chi connectivity index (χ4n) is 4.90. The highest BCUT2D eigenvalue weighted by Gasteiger charge is 2.52. The molecule has 1 aromatic heterocycles. The standard InChI is InChI=1S/C25H31F2N4O8P/c1-4-38-40(36,39-5-2)11-9-31-25(8-10-37-15-25)29(3)24(35)20-22(33)21(32)18(14-30(20)31)23(34)28-13-16-6-7-17(26)12-19(16)27/h6-7,12,14,33H,4-5,8-11,13,15H2,1-3H3,(H,28,34). The molecule has 2 aromatic rings. The van der Waals surface area contributed by atoms with Crippen LogP contribution in [-0.4, -0.2) is 78.3 Å². The van der Waals surface area contributed by atoms with Crippen LogP contribution in [0, 0.1) is 11.6 Å². The molecule has 1 unspecified atom stereocenters. The van der Waals surface area contributed by atoms with Gasteiger partial charge in [-0.1, -0.05) is 6.07 Å². The van der Waals surface area contributed by atoms with Gasteiger partial charge in [0.2, 0.25) is 5.43 Å². The number of aromatic nitrogens is 1. The number of nitrogens with zero attached hydrogens (tertiary/aromatic N) is 3. The van der Waals surface area contributed by atoms with Crippen LogP contribution < -0.4 is 15.8 Å². The lowest BCUT2D eigenvalue weighted by Crippen LogP contribution is -2.70. The number of hydrogen-bond donors (Lipinski definition) is 2. The molecular formula is C25H31F2N4O8P. The minimum atomic E-state index is -3.56. The first-order chi connectivity index (χ1) is 19.0. The van der Waals surface area contributed by atoms with Gasteiger partial charge in [0.1, 0.15) is 17.2 Å². The Bertz CT molecular complexity index is 1400. The van der Waals surface area contributed by atoms with Gasteiger partial charge in [-0.2, -0.15) is 0 Å². The van der Waals surface area contributed by atoms with E-state index in [0.717, 1.165) is 18.3 Å². The number of carbonyl (C=O) groups excluding carboxylic acids is 2. The number of aromatic hydroxyl groups is 1. The van der Waals surface area contributed by atoms with Crippen LogP contribution in [0.25, 0.3) is 0 Å². The second-order valence-corrected chi connectivity index (χ2v) is 11.5. The zero-order chi connectivity index (χ0) is 29.2. The quantitative estimate of drug-likeness (QED) is 0.402. The van der Waals surface area contributed by atoms with Gasteiger partial charge in [0.05, 0.1) is 32.6 Å². The first kappa shape index (κ1) is 29.7. The van der Waals surface area contributed by atoms with E-state index in [-0.39, 0.29) is 44.6 Å². The molecule has 4 rings (SSSR count). The Balaban J connectivity index is 1.75. The third-order valence-electron chi connectivity index (χ3n) is 6.95. The number of pyridine rings is 1. The largest absolute Gasteiger partial charge is 0.502 e. The molecule has 0 saturated carbocycles. The highest BCUT2D eigenvalue weighted by Crippen LogP contribution is 2.48. The molecule has 218 valence electrons. The second-order valence-electron chi connectivity index (χ2n) is 9.27. The third-order valence-corrected chi connectivity index (χ3v) is 9.00. The van der Waals surface area contributed by atoms with Gasteiger partial charge in [0.25, 0.3) is 11.8 Å². The van der Waals surface area contributed by atoms with E-state index in [9.17, 15) is 32.8 Å². The summed E-state index contributed by atoms with van der Waals surface area (Å²) in [5, 5.41) is 14.8. The molecule has 0 aliphatic carbocycles. The van der Waals surface area contributed by atoms with Crippen molar-refractivity contribution in [2.24, 2.45) is 0 Å². The van der Waals surface area contributed by atoms with Gasteiger partial charge < -0.3 is 29.1 Å². The van der Waals surface area contributed by atoms with Crippen molar-refractivity contribution in [2.75, 3.05) is 51.2 Å². The monoisotopic (exact) mass is 584 g/mol. The molecule has 2 N–H and O–H groups in total. The molecule has 0 radical (unpaired) electrons. The first-order valence-electron chi connectivity index (χ1n) is 12.7. The zero-order valence-corrected chi connectivity index (χ0v) is 23.2. The summed E-state index contributed by atoms with van der Waals surface area (Å²) < 4.78 is 58.2. The summed E-state index contributed by atoms with van der Waals surface area (Å²) in [6, 6.07) is 2.83. The van der Waals surface area contributed by atoms with Crippen molar-refractivity contribution in [2.45, 2.75) is 32.5 Å². The Labute approximate surface area is 228 Å². The molecule has 3 heterocycles. The maximum atomic E-state index is 14.1.